The van der Waals surface area contributed by atoms with Gasteiger partial charge in [0.2, 0.25) is 0 Å². The minimum absolute atomic E-state index is 0.223. The molecule has 0 bridgehead atoms. The standard InChI is InChI=1S/C24H15ClFN3O4S/c25-14-6-5-11(26)9-13(14)20-18-15(10-16-22(33-8-7-32-16)19(18)23(30)28-20)27-24(31)21-12-3-1-2-4-17(12)34-29-21/h1-6,9-10,20H,7-8H2,(H,27,31)(H,28,30)/t20-/m1/s1. The number of nitrogens with one attached hydrogen (secondary N) is 2. The van der Waals surface area contributed by atoms with Gasteiger partial charge in [-0.3, -0.25) is 9.59 Å². The molecule has 7 nitrogen and oxygen atoms in total. The molecule has 2 N–H and O–H groups in total. The summed E-state index contributed by atoms with van der Waals surface area (Å²) in [5.74, 6) is -0.758. The quantitative estimate of drug-likeness (QED) is 0.420. The Balaban J connectivity index is 1.51. The number of halogens is 2. The molecule has 2 aliphatic rings. The van der Waals surface area contributed by atoms with E-state index in [9.17, 15) is 14.0 Å². The molecule has 2 aliphatic heterocycles. The fourth-order valence-electron chi connectivity index (χ4n) is 4.30. The average molecular weight is 496 g/mol. The number of nitrogens with zero attached hydrogens (tertiary/aromatic N) is 1. The lowest BCUT2D eigenvalue weighted by molar-refractivity contribution is 0.0950. The maximum absolute atomic E-state index is 14.1. The van der Waals surface area contributed by atoms with Crippen molar-refractivity contribution in [2.75, 3.05) is 18.5 Å². The number of rotatable bonds is 3. The molecule has 6 rings (SSSR count). The van der Waals surface area contributed by atoms with Crippen LogP contribution >= 0.6 is 23.1 Å². The number of carbonyl (C=O) groups excluding carboxylic acids is 2. The molecule has 2 amide bonds. The molecule has 0 spiro atoms. The molecule has 10 heteroatoms. The molecular formula is C24H15ClFN3O4S. The van der Waals surface area contributed by atoms with E-state index < -0.39 is 23.7 Å². The SMILES string of the molecule is O=C1N[C@H](c2cc(F)ccc2Cl)c2c(NC(=O)c3nsc4ccccc34)cc3c(c21)OCCO3. The van der Waals surface area contributed by atoms with Crippen LogP contribution in [0.15, 0.2) is 48.5 Å². The molecule has 3 heterocycles. The van der Waals surface area contributed by atoms with Crippen LogP contribution < -0.4 is 20.1 Å². The second-order valence-corrected chi connectivity index (χ2v) is 9.00. The summed E-state index contributed by atoms with van der Waals surface area (Å²) in [6.45, 7) is 0.575. The summed E-state index contributed by atoms with van der Waals surface area (Å²) in [6, 6.07) is 12.2. The van der Waals surface area contributed by atoms with E-state index in [1.54, 1.807) is 6.07 Å². The molecule has 34 heavy (non-hydrogen) atoms. The number of carbonyl (C=O) groups is 2. The van der Waals surface area contributed by atoms with Crippen LogP contribution in [0.4, 0.5) is 10.1 Å². The van der Waals surface area contributed by atoms with Crippen molar-refractivity contribution in [3.63, 3.8) is 0 Å². The van der Waals surface area contributed by atoms with Gasteiger partial charge in [-0.05, 0) is 35.8 Å². The number of hydrogen-bond donors (Lipinski definition) is 2. The largest absolute Gasteiger partial charge is 0.486 e. The summed E-state index contributed by atoms with van der Waals surface area (Å²) < 4.78 is 30.7. The van der Waals surface area contributed by atoms with Crippen LogP contribution in [0, 0.1) is 5.82 Å². The Morgan fingerprint density at radius 2 is 2.00 bits per heavy atom. The molecule has 4 aromatic rings. The second-order valence-electron chi connectivity index (χ2n) is 7.79. The molecule has 1 atom stereocenters. The van der Waals surface area contributed by atoms with Crippen molar-refractivity contribution in [2.45, 2.75) is 6.04 Å². The van der Waals surface area contributed by atoms with Gasteiger partial charge in [-0.1, -0.05) is 29.8 Å². The predicted molar refractivity (Wildman–Crippen MR) is 126 cm³/mol. The Labute approximate surface area is 201 Å². The number of aromatic nitrogens is 1. The number of anilines is 1. The van der Waals surface area contributed by atoms with Crippen LogP contribution in [0.25, 0.3) is 10.1 Å². The van der Waals surface area contributed by atoms with E-state index in [4.69, 9.17) is 21.1 Å². The van der Waals surface area contributed by atoms with Gasteiger partial charge in [0.05, 0.1) is 22.0 Å². The lowest BCUT2D eigenvalue weighted by Crippen LogP contribution is -2.21. The molecule has 0 fully saturated rings. The highest BCUT2D eigenvalue weighted by molar-refractivity contribution is 7.13. The van der Waals surface area contributed by atoms with Gasteiger partial charge in [0, 0.05) is 27.6 Å². The van der Waals surface area contributed by atoms with Crippen molar-refractivity contribution in [1.29, 1.82) is 0 Å². The first-order valence-corrected chi connectivity index (χ1v) is 11.5. The smallest absolute Gasteiger partial charge is 0.276 e. The zero-order chi connectivity index (χ0) is 23.4. The third-order valence-corrected chi connectivity index (χ3v) is 6.94. The lowest BCUT2D eigenvalue weighted by Gasteiger charge is -2.23. The molecule has 1 aromatic heterocycles. The van der Waals surface area contributed by atoms with Gasteiger partial charge >= 0.3 is 0 Å². The van der Waals surface area contributed by atoms with Crippen LogP contribution in [0.2, 0.25) is 5.02 Å². The van der Waals surface area contributed by atoms with Crippen molar-refractivity contribution in [3.8, 4) is 11.5 Å². The summed E-state index contributed by atoms with van der Waals surface area (Å²) in [6.07, 6.45) is 0. The normalized spacial score (nSPS) is 16.3. The van der Waals surface area contributed by atoms with Gasteiger partial charge in [0.25, 0.3) is 11.8 Å². The van der Waals surface area contributed by atoms with Crippen LogP contribution in [0.3, 0.4) is 0 Å². The highest BCUT2D eigenvalue weighted by Gasteiger charge is 2.39. The van der Waals surface area contributed by atoms with Crippen LogP contribution in [-0.4, -0.2) is 29.4 Å². The van der Waals surface area contributed by atoms with Gasteiger partial charge in [-0.25, -0.2) is 4.39 Å². The van der Waals surface area contributed by atoms with E-state index in [1.165, 1.54) is 29.7 Å². The lowest BCUT2D eigenvalue weighted by atomic mass is 9.95. The first-order valence-electron chi connectivity index (χ1n) is 10.4. The van der Waals surface area contributed by atoms with Crippen molar-refractivity contribution >= 4 is 50.7 Å². The number of hydrogen-bond acceptors (Lipinski definition) is 6. The first kappa shape index (κ1) is 20.9. The topological polar surface area (TPSA) is 89.6 Å². The number of ether oxygens (including phenoxy) is 2. The summed E-state index contributed by atoms with van der Waals surface area (Å²) in [7, 11) is 0. The number of benzene rings is 3. The molecule has 0 unspecified atom stereocenters. The predicted octanol–water partition coefficient (Wildman–Crippen LogP) is 4.95. The van der Waals surface area contributed by atoms with Crippen LogP contribution in [0.1, 0.15) is 38.0 Å². The highest BCUT2D eigenvalue weighted by atomic mass is 35.5. The summed E-state index contributed by atoms with van der Waals surface area (Å²) in [5, 5.41) is 6.72. The van der Waals surface area contributed by atoms with Crippen molar-refractivity contribution in [3.05, 3.63) is 81.8 Å². The van der Waals surface area contributed by atoms with Gasteiger partial charge in [0.1, 0.15) is 24.7 Å². The van der Waals surface area contributed by atoms with E-state index in [1.807, 2.05) is 24.3 Å². The molecule has 0 saturated heterocycles. The second kappa shape index (κ2) is 7.96. The molecule has 170 valence electrons. The van der Waals surface area contributed by atoms with Crippen molar-refractivity contribution in [1.82, 2.24) is 9.69 Å². The van der Waals surface area contributed by atoms with Gasteiger partial charge in [0.15, 0.2) is 11.5 Å². The molecule has 0 saturated carbocycles. The van der Waals surface area contributed by atoms with Gasteiger partial charge in [-0.2, -0.15) is 4.37 Å². The molecule has 3 aromatic carbocycles. The first-order chi connectivity index (χ1) is 16.5. The fourth-order valence-corrected chi connectivity index (χ4v) is 5.30. The monoisotopic (exact) mass is 495 g/mol. The zero-order valence-corrected chi connectivity index (χ0v) is 18.9. The Morgan fingerprint density at radius 3 is 2.88 bits per heavy atom. The van der Waals surface area contributed by atoms with E-state index in [2.05, 4.69) is 15.0 Å². The Kier molecular flexibility index (Phi) is 4.89. The van der Waals surface area contributed by atoms with Crippen LogP contribution in [-0.2, 0) is 0 Å². The molecule has 0 aliphatic carbocycles. The van der Waals surface area contributed by atoms with E-state index in [0.29, 0.717) is 29.2 Å². The van der Waals surface area contributed by atoms with E-state index in [-0.39, 0.29) is 28.6 Å². The van der Waals surface area contributed by atoms with Gasteiger partial charge < -0.3 is 20.1 Å². The third kappa shape index (κ3) is 3.27. The fraction of sp³-hybridized carbons (Fsp3) is 0.125. The highest BCUT2D eigenvalue weighted by Crippen LogP contribution is 2.48. The van der Waals surface area contributed by atoms with Crippen molar-refractivity contribution in [2.24, 2.45) is 0 Å². The summed E-state index contributed by atoms with van der Waals surface area (Å²) >= 11 is 7.59. The number of amides is 2. The van der Waals surface area contributed by atoms with E-state index in [0.717, 1.165) is 10.1 Å². The summed E-state index contributed by atoms with van der Waals surface area (Å²) in [4.78, 5) is 26.3. The summed E-state index contributed by atoms with van der Waals surface area (Å²) in [5.41, 5.74) is 1.60. The maximum atomic E-state index is 14.1. The van der Waals surface area contributed by atoms with E-state index >= 15 is 0 Å². The molecular weight excluding hydrogens is 481 g/mol. The minimum Gasteiger partial charge on any atom is -0.486 e. The van der Waals surface area contributed by atoms with Crippen LogP contribution in [0.5, 0.6) is 11.5 Å². The Morgan fingerprint density at radius 1 is 1.18 bits per heavy atom. The zero-order valence-electron chi connectivity index (χ0n) is 17.4. The minimum atomic E-state index is -0.802. The van der Waals surface area contributed by atoms with Crippen molar-refractivity contribution < 1.29 is 23.5 Å². The number of fused-ring (bicyclic) bond motifs is 4. The molecule has 0 radical (unpaired) electrons. The van der Waals surface area contributed by atoms with Gasteiger partial charge in [-0.15, -0.1) is 0 Å². The third-order valence-electron chi connectivity index (χ3n) is 5.77. The average Bonchev–Trinajstić information content (AvgIpc) is 3.42. The Bertz CT molecular complexity index is 1510. The maximum Gasteiger partial charge on any atom is 0.276 e. The Hall–Kier alpha value is -3.69.